The highest BCUT2D eigenvalue weighted by Crippen LogP contribution is 2.39. The summed E-state index contributed by atoms with van der Waals surface area (Å²) in [7, 11) is 2.02. The summed E-state index contributed by atoms with van der Waals surface area (Å²) in [6, 6.07) is 13.8. The van der Waals surface area contributed by atoms with Gasteiger partial charge in [-0.2, -0.15) is 0 Å². The summed E-state index contributed by atoms with van der Waals surface area (Å²) >= 11 is 1.63. The Morgan fingerprint density at radius 1 is 1.22 bits per heavy atom. The number of benzene rings is 2. The number of ether oxygens (including phenoxy) is 1. The van der Waals surface area contributed by atoms with Crippen LogP contribution in [0, 0.1) is 0 Å². The fourth-order valence-electron chi connectivity index (χ4n) is 4.20. The van der Waals surface area contributed by atoms with Crippen molar-refractivity contribution >= 4 is 23.1 Å². The second-order valence-electron chi connectivity index (χ2n) is 7.74. The number of aromatic carboxylic acids is 1. The molecule has 162 valence electrons. The van der Waals surface area contributed by atoms with Crippen molar-refractivity contribution in [2.75, 3.05) is 18.6 Å². The molecule has 0 radical (unpaired) electrons. The fourth-order valence-corrected chi connectivity index (χ4v) is 4.82. The number of anilines is 1. The molecule has 1 aliphatic rings. The Morgan fingerprint density at radius 2 is 2.06 bits per heavy atom. The SMILES string of the molecule is CN(c1cncn1Cc1ccc(-c2cncs2)cc1)C1CCOc2c(C(=O)O)cccc21. The van der Waals surface area contributed by atoms with Gasteiger partial charge in [-0.1, -0.05) is 36.4 Å². The second kappa shape index (κ2) is 8.47. The molecule has 32 heavy (non-hydrogen) atoms. The predicted octanol–water partition coefficient (Wildman–Crippen LogP) is 4.71. The van der Waals surface area contributed by atoms with Gasteiger partial charge in [0.2, 0.25) is 0 Å². The van der Waals surface area contributed by atoms with Crippen molar-refractivity contribution in [1.29, 1.82) is 0 Å². The lowest BCUT2D eigenvalue weighted by Gasteiger charge is -2.35. The zero-order valence-electron chi connectivity index (χ0n) is 17.5. The highest BCUT2D eigenvalue weighted by Gasteiger charge is 2.29. The first kappa shape index (κ1) is 20.3. The molecule has 0 spiro atoms. The topological polar surface area (TPSA) is 80.5 Å². The van der Waals surface area contributed by atoms with Crippen molar-refractivity contribution in [3.63, 3.8) is 0 Å². The summed E-state index contributed by atoms with van der Waals surface area (Å²) in [4.78, 5) is 23.5. The van der Waals surface area contributed by atoms with Crippen molar-refractivity contribution in [1.82, 2.24) is 14.5 Å². The van der Waals surface area contributed by atoms with Crippen LogP contribution in [-0.2, 0) is 6.54 Å². The molecule has 8 heteroatoms. The van der Waals surface area contributed by atoms with E-state index in [1.165, 1.54) is 5.56 Å². The third kappa shape index (κ3) is 3.73. The van der Waals surface area contributed by atoms with Crippen LogP contribution in [-0.4, -0.2) is 39.3 Å². The smallest absolute Gasteiger partial charge is 0.339 e. The standard InChI is InChI=1S/C24H22N4O3S/c1-27(20-9-10-31-23-18(20)3-2-4-19(23)24(29)30)22-12-25-14-28(22)13-16-5-7-17(8-6-16)21-11-26-15-32-21/h2-8,11-12,14-15,20H,9-10,13H2,1H3,(H,29,30). The number of carboxylic acid groups (broad SMARTS) is 1. The number of nitrogens with zero attached hydrogens (tertiary/aromatic N) is 4. The van der Waals surface area contributed by atoms with E-state index in [4.69, 9.17) is 4.74 Å². The minimum atomic E-state index is -0.975. The number of hydrogen-bond donors (Lipinski definition) is 1. The highest BCUT2D eigenvalue weighted by atomic mass is 32.1. The van der Waals surface area contributed by atoms with E-state index in [1.807, 2.05) is 37.3 Å². The van der Waals surface area contributed by atoms with Crippen molar-refractivity contribution in [3.05, 3.63) is 83.4 Å². The van der Waals surface area contributed by atoms with Crippen molar-refractivity contribution < 1.29 is 14.6 Å². The lowest BCUT2D eigenvalue weighted by atomic mass is 9.96. The zero-order valence-corrected chi connectivity index (χ0v) is 18.3. The Labute approximate surface area is 189 Å². The Morgan fingerprint density at radius 3 is 2.81 bits per heavy atom. The molecular formula is C24H22N4O3S. The fraction of sp³-hybridized carbons (Fsp3) is 0.208. The average molecular weight is 447 g/mol. The molecule has 1 atom stereocenters. The van der Waals surface area contributed by atoms with Crippen molar-refractivity contribution in [2.24, 2.45) is 0 Å². The number of carboxylic acids is 1. The third-order valence-electron chi connectivity index (χ3n) is 5.82. The van der Waals surface area contributed by atoms with Crippen LogP contribution in [0.2, 0.25) is 0 Å². The van der Waals surface area contributed by atoms with E-state index in [0.717, 1.165) is 28.2 Å². The molecule has 0 amide bonds. The van der Waals surface area contributed by atoms with E-state index < -0.39 is 5.97 Å². The van der Waals surface area contributed by atoms with E-state index in [1.54, 1.807) is 23.5 Å². The van der Waals surface area contributed by atoms with Gasteiger partial charge in [-0.15, -0.1) is 11.3 Å². The van der Waals surface area contributed by atoms with Crippen LogP contribution in [0.1, 0.15) is 33.9 Å². The number of thiazole rings is 1. The van der Waals surface area contributed by atoms with Gasteiger partial charge in [0.25, 0.3) is 0 Å². The molecule has 3 heterocycles. The van der Waals surface area contributed by atoms with Gasteiger partial charge in [0, 0.05) is 25.2 Å². The molecule has 0 fully saturated rings. The summed E-state index contributed by atoms with van der Waals surface area (Å²) in [5.41, 5.74) is 5.26. The van der Waals surface area contributed by atoms with E-state index in [0.29, 0.717) is 18.9 Å². The molecule has 0 saturated heterocycles. The van der Waals surface area contributed by atoms with Crippen molar-refractivity contribution in [2.45, 2.75) is 19.0 Å². The second-order valence-corrected chi connectivity index (χ2v) is 8.62. The summed E-state index contributed by atoms with van der Waals surface area (Å²) in [5.74, 6) is 0.458. The molecule has 0 saturated carbocycles. The number of fused-ring (bicyclic) bond motifs is 1. The van der Waals surface area contributed by atoms with Gasteiger partial charge >= 0.3 is 5.97 Å². The molecule has 1 aliphatic heterocycles. The quantitative estimate of drug-likeness (QED) is 0.462. The number of carbonyl (C=O) groups is 1. The number of imidazole rings is 1. The largest absolute Gasteiger partial charge is 0.492 e. The van der Waals surface area contributed by atoms with Gasteiger partial charge in [0.05, 0.1) is 42.1 Å². The highest BCUT2D eigenvalue weighted by molar-refractivity contribution is 7.13. The summed E-state index contributed by atoms with van der Waals surface area (Å²) in [5, 5.41) is 9.53. The van der Waals surface area contributed by atoms with Gasteiger partial charge in [-0.05, 0) is 17.2 Å². The van der Waals surface area contributed by atoms with Gasteiger partial charge < -0.3 is 19.3 Å². The maximum atomic E-state index is 11.6. The van der Waals surface area contributed by atoms with E-state index in [-0.39, 0.29) is 11.6 Å². The lowest BCUT2D eigenvalue weighted by Crippen LogP contribution is -2.31. The molecular weight excluding hydrogens is 424 g/mol. The molecule has 4 aromatic rings. The van der Waals surface area contributed by atoms with E-state index >= 15 is 0 Å². The van der Waals surface area contributed by atoms with Crippen LogP contribution in [0.5, 0.6) is 5.75 Å². The maximum Gasteiger partial charge on any atom is 0.339 e. The summed E-state index contributed by atoms with van der Waals surface area (Å²) in [6.45, 7) is 1.16. The zero-order chi connectivity index (χ0) is 22.1. The molecule has 2 aromatic heterocycles. The monoisotopic (exact) mass is 446 g/mol. The number of para-hydroxylation sites is 1. The van der Waals surface area contributed by atoms with E-state index in [2.05, 4.69) is 43.7 Å². The van der Waals surface area contributed by atoms with Crippen LogP contribution < -0.4 is 9.64 Å². The van der Waals surface area contributed by atoms with Gasteiger partial charge in [0.1, 0.15) is 17.1 Å². The number of hydrogen-bond acceptors (Lipinski definition) is 6. The molecule has 7 nitrogen and oxygen atoms in total. The molecule has 2 aromatic carbocycles. The van der Waals surface area contributed by atoms with Crippen LogP contribution in [0.3, 0.4) is 0 Å². The van der Waals surface area contributed by atoms with Crippen LogP contribution in [0.15, 0.2) is 66.7 Å². The Kier molecular flexibility index (Phi) is 5.36. The Bertz CT molecular complexity index is 1230. The molecule has 1 unspecified atom stereocenters. The lowest BCUT2D eigenvalue weighted by molar-refractivity contribution is 0.0690. The number of rotatable bonds is 6. The predicted molar refractivity (Wildman–Crippen MR) is 124 cm³/mol. The van der Waals surface area contributed by atoms with Crippen LogP contribution in [0.25, 0.3) is 10.4 Å². The molecule has 5 rings (SSSR count). The first-order valence-electron chi connectivity index (χ1n) is 10.3. The number of aromatic nitrogens is 3. The summed E-state index contributed by atoms with van der Waals surface area (Å²) < 4.78 is 7.86. The molecule has 0 aliphatic carbocycles. The van der Waals surface area contributed by atoms with Crippen molar-refractivity contribution in [3.8, 4) is 16.2 Å². The third-order valence-corrected chi connectivity index (χ3v) is 6.64. The van der Waals surface area contributed by atoms with Crippen LogP contribution in [0.4, 0.5) is 5.82 Å². The first-order chi connectivity index (χ1) is 15.6. The first-order valence-corrected chi connectivity index (χ1v) is 11.2. The Balaban J connectivity index is 1.40. The minimum Gasteiger partial charge on any atom is -0.492 e. The normalized spacial score (nSPS) is 15.1. The molecule has 0 bridgehead atoms. The van der Waals surface area contributed by atoms with E-state index in [9.17, 15) is 9.90 Å². The van der Waals surface area contributed by atoms with Crippen LogP contribution >= 0.6 is 11.3 Å². The maximum absolute atomic E-state index is 11.6. The van der Waals surface area contributed by atoms with Gasteiger partial charge in [-0.3, -0.25) is 4.98 Å². The van der Waals surface area contributed by atoms with Gasteiger partial charge in [-0.25, -0.2) is 9.78 Å². The summed E-state index contributed by atoms with van der Waals surface area (Å²) in [6.07, 6.45) is 6.32. The minimum absolute atomic E-state index is 0.00204. The average Bonchev–Trinajstić information content (AvgIpc) is 3.51. The molecule has 1 N–H and O–H groups in total. The van der Waals surface area contributed by atoms with Gasteiger partial charge in [0.15, 0.2) is 0 Å². The Hall–Kier alpha value is -3.65.